The lowest BCUT2D eigenvalue weighted by atomic mass is 10.0. The third kappa shape index (κ3) is 6.40. The van der Waals surface area contributed by atoms with Crippen LogP contribution in [0.4, 0.5) is 5.69 Å². The molecule has 0 unspecified atom stereocenters. The standard InChI is InChI=1S/C23H36N4O2S/c1-18-5-6-21(17-19(18)2)24-23(30)27(10-4-9-25-13-15-29-16-14-25)22-7-11-26(12-8-22)20(3)28/h5-6,17,22H,4,7-16H2,1-3H3,(H,24,30). The van der Waals surface area contributed by atoms with Gasteiger partial charge in [0.15, 0.2) is 5.11 Å². The minimum Gasteiger partial charge on any atom is -0.379 e. The average Bonchev–Trinajstić information content (AvgIpc) is 2.74. The van der Waals surface area contributed by atoms with Gasteiger partial charge < -0.3 is 19.9 Å². The zero-order valence-electron chi connectivity index (χ0n) is 18.7. The van der Waals surface area contributed by atoms with Crippen LogP contribution in [0.5, 0.6) is 0 Å². The molecule has 0 saturated carbocycles. The monoisotopic (exact) mass is 432 g/mol. The van der Waals surface area contributed by atoms with Crippen LogP contribution >= 0.6 is 12.2 Å². The lowest BCUT2D eigenvalue weighted by Gasteiger charge is -2.40. The highest BCUT2D eigenvalue weighted by Crippen LogP contribution is 2.20. The number of likely N-dealkylation sites (tertiary alicyclic amines) is 1. The van der Waals surface area contributed by atoms with E-state index >= 15 is 0 Å². The third-order valence-corrected chi connectivity index (χ3v) is 6.68. The Balaban J connectivity index is 1.62. The molecule has 1 aromatic carbocycles. The second-order valence-corrected chi connectivity index (χ2v) is 8.85. The van der Waals surface area contributed by atoms with Gasteiger partial charge in [-0.25, -0.2) is 0 Å². The van der Waals surface area contributed by atoms with E-state index in [4.69, 9.17) is 17.0 Å². The Labute approximate surface area is 186 Å². The lowest BCUT2D eigenvalue weighted by Crippen LogP contribution is -2.50. The molecule has 3 rings (SSSR count). The molecule has 2 fully saturated rings. The molecule has 2 aliphatic heterocycles. The van der Waals surface area contributed by atoms with E-state index < -0.39 is 0 Å². The van der Waals surface area contributed by atoms with Crippen LogP contribution in [0, 0.1) is 13.8 Å². The predicted octanol–water partition coefficient (Wildman–Crippen LogP) is 3.04. The number of amides is 1. The number of rotatable bonds is 6. The highest BCUT2D eigenvalue weighted by Gasteiger charge is 2.27. The van der Waals surface area contributed by atoms with E-state index in [1.165, 1.54) is 11.1 Å². The normalized spacial score (nSPS) is 18.3. The van der Waals surface area contributed by atoms with Gasteiger partial charge in [-0.05, 0) is 68.6 Å². The van der Waals surface area contributed by atoms with Gasteiger partial charge in [-0.3, -0.25) is 9.69 Å². The van der Waals surface area contributed by atoms with Crippen LogP contribution in [0.2, 0.25) is 0 Å². The number of carbonyl (C=O) groups excluding carboxylic acids is 1. The number of aryl methyl sites for hydroxylation is 2. The van der Waals surface area contributed by atoms with Crippen LogP contribution in [0.25, 0.3) is 0 Å². The van der Waals surface area contributed by atoms with E-state index in [0.29, 0.717) is 6.04 Å². The molecule has 0 radical (unpaired) electrons. The Hall–Kier alpha value is -1.70. The van der Waals surface area contributed by atoms with Gasteiger partial charge in [0.05, 0.1) is 13.2 Å². The first-order chi connectivity index (χ1) is 14.4. The number of benzene rings is 1. The van der Waals surface area contributed by atoms with Crippen molar-refractivity contribution in [3.8, 4) is 0 Å². The molecule has 7 heteroatoms. The Bertz CT molecular complexity index is 728. The molecule has 30 heavy (non-hydrogen) atoms. The van der Waals surface area contributed by atoms with Crippen molar-refractivity contribution in [2.45, 2.75) is 46.1 Å². The number of ether oxygens (including phenoxy) is 1. The number of carbonyl (C=O) groups is 1. The summed E-state index contributed by atoms with van der Waals surface area (Å²) in [7, 11) is 0. The number of thiocarbonyl (C=S) groups is 1. The largest absolute Gasteiger partial charge is 0.379 e. The summed E-state index contributed by atoms with van der Waals surface area (Å²) < 4.78 is 5.46. The smallest absolute Gasteiger partial charge is 0.219 e. The fourth-order valence-electron chi connectivity index (χ4n) is 4.25. The van der Waals surface area contributed by atoms with Gasteiger partial charge in [0.1, 0.15) is 0 Å². The summed E-state index contributed by atoms with van der Waals surface area (Å²) >= 11 is 5.87. The zero-order chi connectivity index (χ0) is 21.5. The topological polar surface area (TPSA) is 48.1 Å². The van der Waals surface area contributed by atoms with Crippen LogP contribution in [0.3, 0.4) is 0 Å². The van der Waals surface area contributed by atoms with E-state index in [9.17, 15) is 4.79 Å². The third-order valence-electron chi connectivity index (χ3n) is 6.35. The van der Waals surface area contributed by atoms with Crippen LogP contribution in [0.15, 0.2) is 18.2 Å². The van der Waals surface area contributed by atoms with Gasteiger partial charge in [0.25, 0.3) is 0 Å². The van der Waals surface area contributed by atoms with Crippen molar-refractivity contribution in [3.05, 3.63) is 29.3 Å². The maximum atomic E-state index is 11.7. The molecule has 166 valence electrons. The van der Waals surface area contributed by atoms with E-state index in [-0.39, 0.29) is 5.91 Å². The van der Waals surface area contributed by atoms with Crippen molar-refractivity contribution in [1.29, 1.82) is 0 Å². The quantitative estimate of drug-likeness (QED) is 0.698. The molecule has 2 aliphatic rings. The summed E-state index contributed by atoms with van der Waals surface area (Å²) in [5, 5.41) is 4.27. The SMILES string of the molecule is CC(=O)N1CCC(N(CCCN2CCOCC2)C(=S)Nc2ccc(C)c(C)c2)CC1. The Morgan fingerprint density at radius 2 is 1.87 bits per heavy atom. The number of nitrogens with zero attached hydrogens (tertiary/aromatic N) is 3. The van der Waals surface area contributed by atoms with Crippen molar-refractivity contribution >= 4 is 28.9 Å². The Morgan fingerprint density at radius 1 is 1.17 bits per heavy atom. The van der Waals surface area contributed by atoms with E-state index in [1.807, 2.05) is 4.90 Å². The average molecular weight is 433 g/mol. The minimum absolute atomic E-state index is 0.170. The maximum Gasteiger partial charge on any atom is 0.219 e. The van der Waals surface area contributed by atoms with Gasteiger partial charge in [0, 0.05) is 57.9 Å². The summed E-state index contributed by atoms with van der Waals surface area (Å²) in [4.78, 5) is 18.5. The molecular weight excluding hydrogens is 396 g/mol. The molecule has 2 saturated heterocycles. The molecule has 1 N–H and O–H groups in total. The first kappa shape index (κ1) is 23.0. The Kier molecular flexibility index (Phi) is 8.48. The van der Waals surface area contributed by atoms with Crippen LogP contribution < -0.4 is 5.32 Å². The first-order valence-corrected chi connectivity index (χ1v) is 11.6. The fraction of sp³-hybridized carbons (Fsp3) is 0.652. The molecular formula is C23H36N4O2S. The van der Waals surface area contributed by atoms with Crippen LogP contribution in [0.1, 0.15) is 37.3 Å². The molecule has 0 atom stereocenters. The van der Waals surface area contributed by atoms with Crippen molar-refractivity contribution in [2.24, 2.45) is 0 Å². The van der Waals surface area contributed by atoms with Crippen molar-refractivity contribution in [2.75, 3.05) is 57.8 Å². The molecule has 0 aromatic heterocycles. The summed E-state index contributed by atoms with van der Waals surface area (Å²) in [6, 6.07) is 6.76. The van der Waals surface area contributed by atoms with Gasteiger partial charge in [-0.15, -0.1) is 0 Å². The summed E-state index contributed by atoms with van der Waals surface area (Å²) in [6.07, 6.45) is 3.00. The molecule has 2 heterocycles. The van der Waals surface area contributed by atoms with E-state index in [0.717, 1.165) is 82.5 Å². The number of morpholine rings is 1. The highest BCUT2D eigenvalue weighted by atomic mass is 32.1. The number of nitrogens with one attached hydrogen (secondary N) is 1. The molecule has 6 nitrogen and oxygen atoms in total. The molecule has 0 bridgehead atoms. The summed E-state index contributed by atoms with van der Waals surface area (Å²) in [6.45, 7) is 13.2. The first-order valence-electron chi connectivity index (χ1n) is 11.1. The van der Waals surface area contributed by atoms with Crippen molar-refractivity contribution in [3.63, 3.8) is 0 Å². The number of piperidine rings is 1. The maximum absolute atomic E-state index is 11.7. The van der Waals surface area contributed by atoms with Gasteiger partial charge in [0.2, 0.25) is 5.91 Å². The van der Waals surface area contributed by atoms with Gasteiger partial charge in [-0.2, -0.15) is 0 Å². The predicted molar refractivity (Wildman–Crippen MR) is 126 cm³/mol. The molecule has 1 aromatic rings. The summed E-state index contributed by atoms with van der Waals surface area (Å²) in [5.74, 6) is 0.170. The molecule has 0 aliphatic carbocycles. The van der Waals surface area contributed by atoms with Crippen LogP contribution in [-0.4, -0.2) is 84.2 Å². The van der Waals surface area contributed by atoms with E-state index in [1.54, 1.807) is 6.92 Å². The molecule has 0 spiro atoms. The molecule has 1 amide bonds. The van der Waals surface area contributed by atoms with Gasteiger partial charge in [-0.1, -0.05) is 6.07 Å². The van der Waals surface area contributed by atoms with Crippen molar-refractivity contribution < 1.29 is 9.53 Å². The minimum atomic E-state index is 0.170. The van der Waals surface area contributed by atoms with Crippen molar-refractivity contribution in [1.82, 2.24) is 14.7 Å². The summed E-state index contributed by atoms with van der Waals surface area (Å²) in [5.41, 5.74) is 3.59. The Morgan fingerprint density at radius 3 is 2.50 bits per heavy atom. The number of anilines is 1. The van der Waals surface area contributed by atoms with E-state index in [2.05, 4.69) is 47.2 Å². The second-order valence-electron chi connectivity index (χ2n) is 8.47. The zero-order valence-corrected chi connectivity index (χ0v) is 19.5. The number of hydrogen-bond acceptors (Lipinski definition) is 4. The second kappa shape index (κ2) is 11.1. The number of hydrogen-bond donors (Lipinski definition) is 1. The highest BCUT2D eigenvalue weighted by molar-refractivity contribution is 7.80. The van der Waals surface area contributed by atoms with Gasteiger partial charge >= 0.3 is 0 Å². The fourth-order valence-corrected chi connectivity index (χ4v) is 4.60. The van der Waals surface area contributed by atoms with Crippen LogP contribution in [-0.2, 0) is 9.53 Å². The lowest BCUT2D eigenvalue weighted by molar-refractivity contribution is -0.130.